The van der Waals surface area contributed by atoms with Crippen LogP contribution in [0.4, 0.5) is 0 Å². The third kappa shape index (κ3) is 2.40. The number of ketones is 1. The Morgan fingerprint density at radius 1 is 1.14 bits per heavy atom. The Labute approximate surface area is 121 Å². The molecule has 0 bridgehead atoms. The maximum absolute atomic E-state index is 12.5. The van der Waals surface area contributed by atoms with Gasteiger partial charge in [0.05, 0.1) is 12.1 Å². The molecule has 4 nitrogen and oxygen atoms in total. The number of hydrogen-bond acceptors (Lipinski definition) is 3. The smallest absolute Gasteiger partial charge is 0.408 e. The van der Waals surface area contributed by atoms with E-state index in [1.54, 1.807) is 18.2 Å². The summed E-state index contributed by atoms with van der Waals surface area (Å²) in [7, 11) is 0. The molecule has 4 heteroatoms. The number of aromatic nitrogens is 1. The summed E-state index contributed by atoms with van der Waals surface area (Å²) in [6.45, 7) is 3.82. The van der Waals surface area contributed by atoms with Crippen molar-refractivity contribution in [2.24, 2.45) is 0 Å². The van der Waals surface area contributed by atoms with Crippen LogP contribution in [0.5, 0.6) is 0 Å². The number of para-hydroxylation sites is 2. The summed E-state index contributed by atoms with van der Waals surface area (Å²) in [5.74, 6) is -0.597. The van der Waals surface area contributed by atoms with Gasteiger partial charge in [0.25, 0.3) is 0 Å². The van der Waals surface area contributed by atoms with Gasteiger partial charge in [0.2, 0.25) is 0 Å². The fourth-order valence-electron chi connectivity index (χ4n) is 2.43. The van der Waals surface area contributed by atoms with E-state index in [4.69, 9.17) is 4.42 Å². The van der Waals surface area contributed by atoms with Gasteiger partial charge in [-0.25, -0.2) is 4.79 Å². The van der Waals surface area contributed by atoms with Gasteiger partial charge in [-0.1, -0.05) is 29.8 Å². The van der Waals surface area contributed by atoms with Crippen molar-refractivity contribution in [3.63, 3.8) is 0 Å². The highest BCUT2D eigenvalue weighted by atomic mass is 16.4. The van der Waals surface area contributed by atoms with E-state index in [1.807, 2.05) is 38.1 Å². The Hall–Kier alpha value is -2.62. The van der Waals surface area contributed by atoms with Crippen LogP contribution in [0.15, 0.2) is 51.7 Å². The Bertz CT molecular complexity index is 886. The molecule has 106 valence electrons. The van der Waals surface area contributed by atoms with Crippen molar-refractivity contribution in [3.8, 4) is 0 Å². The van der Waals surface area contributed by atoms with Crippen molar-refractivity contribution in [1.82, 2.24) is 4.57 Å². The molecule has 0 aliphatic carbocycles. The van der Waals surface area contributed by atoms with Gasteiger partial charge in [0.1, 0.15) is 0 Å². The standard InChI is InChI=1S/C17H15NO3/c1-11-7-8-12(2)13(9-11)15(19)10-18-14-5-3-4-6-16(14)21-17(18)20/h3-9H,10H2,1-2H3. The minimum Gasteiger partial charge on any atom is -0.408 e. The Balaban J connectivity index is 2.02. The molecule has 0 spiro atoms. The van der Waals surface area contributed by atoms with E-state index in [-0.39, 0.29) is 12.3 Å². The number of carbonyl (C=O) groups excluding carboxylic acids is 1. The van der Waals surface area contributed by atoms with Crippen molar-refractivity contribution in [1.29, 1.82) is 0 Å². The minimum absolute atomic E-state index is 0.0138. The Morgan fingerprint density at radius 2 is 1.90 bits per heavy atom. The molecule has 0 aliphatic heterocycles. The molecule has 2 aromatic carbocycles. The van der Waals surface area contributed by atoms with Crippen molar-refractivity contribution in [3.05, 3.63) is 69.7 Å². The minimum atomic E-state index is -0.505. The summed E-state index contributed by atoms with van der Waals surface area (Å²) in [5.41, 5.74) is 3.71. The van der Waals surface area contributed by atoms with E-state index in [2.05, 4.69) is 0 Å². The normalized spacial score (nSPS) is 11.0. The van der Waals surface area contributed by atoms with Crippen LogP contribution < -0.4 is 5.76 Å². The zero-order valence-corrected chi connectivity index (χ0v) is 11.9. The maximum Gasteiger partial charge on any atom is 0.420 e. The summed E-state index contributed by atoms with van der Waals surface area (Å²) >= 11 is 0. The summed E-state index contributed by atoms with van der Waals surface area (Å²) < 4.78 is 6.52. The first-order valence-electron chi connectivity index (χ1n) is 6.75. The number of benzene rings is 2. The van der Waals surface area contributed by atoms with E-state index in [9.17, 15) is 9.59 Å². The summed E-state index contributed by atoms with van der Waals surface area (Å²) in [6.07, 6.45) is 0. The summed E-state index contributed by atoms with van der Waals surface area (Å²) in [5, 5.41) is 0. The number of rotatable bonds is 3. The lowest BCUT2D eigenvalue weighted by Crippen LogP contribution is -2.20. The lowest BCUT2D eigenvalue weighted by Gasteiger charge is -2.06. The molecule has 0 radical (unpaired) electrons. The van der Waals surface area contributed by atoms with Crippen LogP contribution >= 0.6 is 0 Å². The van der Waals surface area contributed by atoms with Crippen LogP contribution in [-0.2, 0) is 6.54 Å². The van der Waals surface area contributed by atoms with E-state index in [0.717, 1.165) is 11.1 Å². The van der Waals surface area contributed by atoms with Crippen LogP contribution in [0.1, 0.15) is 21.5 Å². The second kappa shape index (κ2) is 5.05. The van der Waals surface area contributed by atoms with E-state index in [0.29, 0.717) is 16.7 Å². The molecule has 3 rings (SSSR count). The first-order valence-corrected chi connectivity index (χ1v) is 6.75. The Kier molecular flexibility index (Phi) is 3.22. The van der Waals surface area contributed by atoms with Gasteiger partial charge in [-0.2, -0.15) is 0 Å². The van der Waals surface area contributed by atoms with Gasteiger partial charge in [0, 0.05) is 5.56 Å². The van der Waals surface area contributed by atoms with Crippen LogP contribution in [0, 0.1) is 13.8 Å². The molecule has 0 amide bonds. The maximum atomic E-state index is 12.5. The third-order valence-electron chi connectivity index (χ3n) is 3.57. The van der Waals surface area contributed by atoms with Gasteiger partial charge in [-0.05, 0) is 37.6 Å². The first kappa shape index (κ1) is 13.4. The van der Waals surface area contributed by atoms with Gasteiger partial charge in [-0.3, -0.25) is 9.36 Å². The molecule has 1 heterocycles. The van der Waals surface area contributed by atoms with Crippen LogP contribution in [-0.4, -0.2) is 10.4 Å². The predicted molar refractivity (Wildman–Crippen MR) is 80.7 cm³/mol. The summed E-state index contributed by atoms with van der Waals surface area (Å²) in [4.78, 5) is 24.4. The monoisotopic (exact) mass is 281 g/mol. The quantitative estimate of drug-likeness (QED) is 0.693. The first-order chi connectivity index (χ1) is 10.1. The van der Waals surface area contributed by atoms with Crippen LogP contribution in [0.2, 0.25) is 0 Å². The number of aryl methyl sites for hydroxylation is 2. The highest BCUT2D eigenvalue weighted by Gasteiger charge is 2.15. The fraction of sp³-hybridized carbons (Fsp3) is 0.176. The molecular formula is C17H15NO3. The number of hydrogen-bond donors (Lipinski definition) is 0. The lowest BCUT2D eigenvalue weighted by atomic mass is 10.0. The number of nitrogens with zero attached hydrogens (tertiary/aromatic N) is 1. The topological polar surface area (TPSA) is 52.2 Å². The fourth-order valence-corrected chi connectivity index (χ4v) is 2.43. The molecular weight excluding hydrogens is 266 g/mol. The zero-order chi connectivity index (χ0) is 15.0. The predicted octanol–water partition coefficient (Wildman–Crippen LogP) is 3.09. The van der Waals surface area contributed by atoms with Gasteiger partial charge < -0.3 is 4.42 Å². The average Bonchev–Trinajstić information content (AvgIpc) is 2.78. The molecule has 0 atom stereocenters. The molecule has 0 unspecified atom stereocenters. The Morgan fingerprint density at radius 3 is 2.71 bits per heavy atom. The molecule has 1 aromatic heterocycles. The zero-order valence-electron chi connectivity index (χ0n) is 11.9. The number of fused-ring (bicyclic) bond motifs is 1. The lowest BCUT2D eigenvalue weighted by molar-refractivity contribution is 0.0970. The van der Waals surface area contributed by atoms with Gasteiger partial charge >= 0.3 is 5.76 Å². The van der Waals surface area contributed by atoms with E-state index < -0.39 is 5.76 Å². The van der Waals surface area contributed by atoms with Gasteiger partial charge in [0.15, 0.2) is 11.4 Å². The van der Waals surface area contributed by atoms with E-state index >= 15 is 0 Å². The van der Waals surface area contributed by atoms with Crippen molar-refractivity contribution in [2.75, 3.05) is 0 Å². The van der Waals surface area contributed by atoms with E-state index in [1.165, 1.54) is 4.57 Å². The molecule has 0 saturated carbocycles. The second-order valence-electron chi connectivity index (χ2n) is 5.16. The van der Waals surface area contributed by atoms with Gasteiger partial charge in [-0.15, -0.1) is 0 Å². The van der Waals surface area contributed by atoms with Crippen molar-refractivity contribution in [2.45, 2.75) is 20.4 Å². The third-order valence-corrected chi connectivity index (χ3v) is 3.57. The summed E-state index contributed by atoms with van der Waals surface area (Å²) in [6, 6.07) is 12.8. The number of Topliss-reactive ketones (excluding diaryl/α,β-unsaturated/α-hetero) is 1. The number of oxazole rings is 1. The molecule has 3 aromatic rings. The molecule has 0 N–H and O–H groups in total. The SMILES string of the molecule is Cc1ccc(C)c(C(=O)Cn2c(=O)oc3ccccc32)c1. The second-order valence-corrected chi connectivity index (χ2v) is 5.16. The van der Waals surface area contributed by atoms with Crippen molar-refractivity contribution >= 4 is 16.9 Å². The molecule has 0 aliphatic rings. The van der Waals surface area contributed by atoms with Crippen molar-refractivity contribution < 1.29 is 9.21 Å². The highest BCUT2D eigenvalue weighted by Crippen LogP contribution is 2.15. The van der Waals surface area contributed by atoms with Crippen LogP contribution in [0.25, 0.3) is 11.1 Å². The molecule has 21 heavy (non-hydrogen) atoms. The van der Waals surface area contributed by atoms with Crippen LogP contribution in [0.3, 0.4) is 0 Å². The number of carbonyl (C=O) groups is 1. The average molecular weight is 281 g/mol. The molecule has 0 fully saturated rings. The molecule has 0 saturated heterocycles. The highest BCUT2D eigenvalue weighted by molar-refractivity contribution is 5.98. The largest absolute Gasteiger partial charge is 0.420 e.